The first-order valence-electron chi connectivity index (χ1n) is 6.72. The number of hydrogen-bond donors (Lipinski definition) is 1. The maximum atomic E-state index is 12.6. The summed E-state index contributed by atoms with van der Waals surface area (Å²) in [5.41, 5.74) is 0.935. The average molecular weight is 250 g/mol. The van der Waals surface area contributed by atoms with Crippen molar-refractivity contribution in [3.05, 3.63) is 23.2 Å². The van der Waals surface area contributed by atoms with Gasteiger partial charge in [0.05, 0.1) is 0 Å². The molecule has 18 heavy (non-hydrogen) atoms. The van der Waals surface area contributed by atoms with E-state index in [9.17, 15) is 4.79 Å². The van der Waals surface area contributed by atoms with Crippen molar-refractivity contribution < 1.29 is 9.21 Å². The van der Waals surface area contributed by atoms with Gasteiger partial charge in [0, 0.05) is 24.7 Å². The summed E-state index contributed by atoms with van der Waals surface area (Å²) in [7, 11) is 0. The van der Waals surface area contributed by atoms with Crippen LogP contribution >= 0.6 is 0 Å². The first-order chi connectivity index (χ1) is 8.63. The molecule has 0 saturated carbocycles. The van der Waals surface area contributed by atoms with Gasteiger partial charge in [0.2, 0.25) is 0 Å². The molecule has 4 heteroatoms. The van der Waals surface area contributed by atoms with E-state index in [1.807, 2.05) is 24.8 Å². The topological polar surface area (TPSA) is 45.5 Å². The van der Waals surface area contributed by atoms with Crippen molar-refractivity contribution in [3.8, 4) is 0 Å². The Bertz CT molecular complexity index is 419. The van der Waals surface area contributed by atoms with Gasteiger partial charge in [-0.1, -0.05) is 6.92 Å². The zero-order valence-corrected chi connectivity index (χ0v) is 11.5. The molecule has 0 radical (unpaired) electrons. The number of hydrogen-bond acceptors (Lipinski definition) is 3. The minimum absolute atomic E-state index is 0.0381. The van der Waals surface area contributed by atoms with Gasteiger partial charge in [-0.2, -0.15) is 0 Å². The second-order valence-corrected chi connectivity index (χ2v) is 5.01. The van der Waals surface area contributed by atoms with E-state index >= 15 is 0 Å². The molecule has 1 aromatic rings. The van der Waals surface area contributed by atoms with E-state index in [0.29, 0.717) is 11.8 Å². The Morgan fingerprint density at radius 1 is 1.56 bits per heavy atom. The van der Waals surface area contributed by atoms with Gasteiger partial charge in [-0.15, -0.1) is 0 Å². The van der Waals surface area contributed by atoms with Crippen LogP contribution in [-0.4, -0.2) is 36.5 Å². The molecule has 0 spiro atoms. The van der Waals surface area contributed by atoms with E-state index in [1.54, 1.807) is 0 Å². The molecule has 1 amide bonds. The second kappa shape index (κ2) is 5.57. The minimum Gasteiger partial charge on any atom is -0.456 e. The van der Waals surface area contributed by atoms with Crippen LogP contribution in [0.5, 0.6) is 0 Å². The van der Waals surface area contributed by atoms with Crippen LogP contribution in [0.25, 0.3) is 0 Å². The largest absolute Gasteiger partial charge is 0.456 e. The van der Waals surface area contributed by atoms with Crippen LogP contribution in [0.4, 0.5) is 0 Å². The number of rotatable bonds is 4. The van der Waals surface area contributed by atoms with E-state index in [2.05, 4.69) is 12.2 Å². The number of aryl methyl sites for hydroxylation is 2. The van der Waals surface area contributed by atoms with Gasteiger partial charge in [-0.3, -0.25) is 4.79 Å². The Morgan fingerprint density at radius 3 is 2.83 bits per heavy atom. The summed E-state index contributed by atoms with van der Waals surface area (Å²) in [5, 5.41) is 3.31. The van der Waals surface area contributed by atoms with Gasteiger partial charge < -0.3 is 14.6 Å². The standard InChI is InChI=1S/C14H22N2O2/c1-4-7-16(12-5-6-15-9-12)14(17)13-10(2)8-11(3)18-13/h8,12,15H,4-7,9H2,1-3H3. The summed E-state index contributed by atoms with van der Waals surface area (Å²) in [6, 6.07) is 2.23. The fraction of sp³-hybridized carbons (Fsp3) is 0.643. The van der Waals surface area contributed by atoms with Crippen molar-refractivity contribution in [1.82, 2.24) is 10.2 Å². The van der Waals surface area contributed by atoms with Gasteiger partial charge in [-0.25, -0.2) is 0 Å². The van der Waals surface area contributed by atoms with Crippen LogP contribution < -0.4 is 5.32 Å². The van der Waals surface area contributed by atoms with Crippen molar-refractivity contribution in [2.75, 3.05) is 19.6 Å². The maximum absolute atomic E-state index is 12.6. The third-order valence-electron chi connectivity index (χ3n) is 3.44. The summed E-state index contributed by atoms with van der Waals surface area (Å²) < 4.78 is 5.55. The third-order valence-corrected chi connectivity index (χ3v) is 3.44. The third kappa shape index (κ3) is 2.58. The lowest BCUT2D eigenvalue weighted by molar-refractivity contribution is 0.0657. The van der Waals surface area contributed by atoms with Gasteiger partial charge in [0.1, 0.15) is 5.76 Å². The van der Waals surface area contributed by atoms with Crippen LogP contribution in [0.15, 0.2) is 10.5 Å². The highest BCUT2D eigenvalue weighted by Crippen LogP contribution is 2.19. The zero-order chi connectivity index (χ0) is 13.1. The fourth-order valence-electron chi connectivity index (χ4n) is 2.58. The lowest BCUT2D eigenvalue weighted by Gasteiger charge is -2.27. The summed E-state index contributed by atoms with van der Waals surface area (Å²) >= 11 is 0. The van der Waals surface area contributed by atoms with Crippen molar-refractivity contribution in [2.45, 2.75) is 39.7 Å². The van der Waals surface area contributed by atoms with Crippen LogP contribution in [-0.2, 0) is 0 Å². The van der Waals surface area contributed by atoms with Crippen molar-refractivity contribution >= 4 is 5.91 Å². The zero-order valence-electron chi connectivity index (χ0n) is 11.5. The molecule has 100 valence electrons. The predicted octanol–water partition coefficient (Wildman–Crippen LogP) is 2.11. The lowest BCUT2D eigenvalue weighted by Crippen LogP contribution is -2.42. The Labute approximate surface area is 108 Å². The van der Waals surface area contributed by atoms with E-state index in [-0.39, 0.29) is 5.91 Å². The smallest absolute Gasteiger partial charge is 0.290 e. The van der Waals surface area contributed by atoms with E-state index in [4.69, 9.17) is 4.42 Å². The SMILES string of the molecule is CCCN(C(=O)c1oc(C)cc1C)C1CCNC1. The molecule has 2 heterocycles. The summed E-state index contributed by atoms with van der Waals surface area (Å²) in [5.74, 6) is 1.35. The molecular formula is C14H22N2O2. The maximum Gasteiger partial charge on any atom is 0.290 e. The van der Waals surface area contributed by atoms with Crippen LogP contribution in [0.2, 0.25) is 0 Å². The highest BCUT2D eigenvalue weighted by molar-refractivity contribution is 5.93. The van der Waals surface area contributed by atoms with Crippen molar-refractivity contribution in [3.63, 3.8) is 0 Å². The van der Waals surface area contributed by atoms with E-state index in [1.165, 1.54) is 0 Å². The number of amides is 1. The minimum atomic E-state index is 0.0381. The summed E-state index contributed by atoms with van der Waals surface area (Å²) in [6.45, 7) is 8.60. The summed E-state index contributed by atoms with van der Waals surface area (Å²) in [4.78, 5) is 14.5. The number of nitrogens with zero attached hydrogens (tertiary/aromatic N) is 1. The molecule has 1 N–H and O–H groups in total. The first kappa shape index (κ1) is 13.1. The molecule has 1 atom stereocenters. The van der Waals surface area contributed by atoms with Gasteiger partial charge in [0.15, 0.2) is 5.76 Å². The Morgan fingerprint density at radius 2 is 2.33 bits per heavy atom. The van der Waals surface area contributed by atoms with Crippen LogP contribution in [0.1, 0.15) is 41.6 Å². The Kier molecular flexibility index (Phi) is 4.07. The van der Waals surface area contributed by atoms with E-state index < -0.39 is 0 Å². The number of carbonyl (C=O) groups excluding carboxylic acids is 1. The van der Waals surface area contributed by atoms with E-state index in [0.717, 1.165) is 43.8 Å². The molecule has 0 aliphatic carbocycles. The molecule has 2 rings (SSSR count). The number of carbonyl (C=O) groups is 1. The lowest BCUT2D eigenvalue weighted by atomic mass is 10.1. The quantitative estimate of drug-likeness (QED) is 0.890. The highest BCUT2D eigenvalue weighted by atomic mass is 16.4. The Balaban J connectivity index is 2.19. The average Bonchev–Trinajstić information content (AvgIpc) is 2.95. The highest BCUT2D eigenvalue weighted by Gasteiger charge is 2.29. The molecule has 0 bridgehead atoms. The second-order valence-electron chi connectivity index (χ2n) is 5.01. The summed E-state index contributed by atoms with van der Waals surface area (Å²) in [6.07, 6.45) is 2.01. The van der Waals surface area contributed by atoms with Gasteiger partial charge >= 0.3 is 0 Å². The number of nitrogens with one attached hydrogen (secondary N) is 1. The molecule has 1 aromatic heterocycles. The Hall–Kier alpha value is -1.29. The van der Waals surface area contributed by atoms with Crippen LogP contribution in [0, 0.1) is 13.8 Å². The normalized spacial score (nSPS) is 19.2. The molecule has 1 aliphatic rings. The fourth-order valence-corrected chi connectivity index (χ4v) is 2.58. The molecule has 4 nitrogen and oxygen atoms in total. The molecular weight excluding hydrogens is 228 g/mol. The molecule has 0 aromatic carbocycles. The predicted molar refractivity (Wildman–Crippen MR) is 70.8 cm³/mol. The van der Waals surface area contributed by atoms with Crippen molar-refractivity contribution in [1.29, 1.82) is 0 Å². The first-order valence-corrected chi connectivity index (χ1v) is 6.72. The van der Waals surface area contributed by atoms with Crippen LogP contribution in [0.3, 0.4) is 0 Å². The van der Waals surface area contributed by atoms with Gasteiger partial charge in [-0.05, 0) is 39.3 Å². The molecule has 1 fully saturated rings. The molecule has 1 unspecified atom stereocenters. The molecule has 1 saturated heterocycles. The van der Waals surface area contributed by atoms with Crippen molar-refractivity contribution in [2.24, 2.45) is 0 Å². The molecule has 1 aliphatic heterocycles. The number of furan rings is 1. The monoisotopic (exact) mass is 250 g/mol. The van der Waals surface area contributed by atoms with Gasteiger partial charge in [0.25, 0.3) is 5.91 Å².